The van der Waals surface area contributed by atoms with Crippen LogP contribution in [-0.2, 0) is 196 Å². The third-order valence-corrected chi connectivity index (χ3v) is 0. The third kappa shape index (κ3) is 132. The van der Waals surface area contributed by atoms with Crippen molar-refractivity contribution >= 4 is 0 Å². The molecular formula is C8H24Y6-2. The Balaban J connectivity index is -0.000000000833. The van der Waals surface area contributed by atoms with E-state index >= 15 is 0 Å². The van der Waals surface area contributed by atoms with E-state index in [1.165, 1.54) is 0 Å². The molecule has 0 amide bonds. The quantitative estimate of drug-likeness (QED) is 0.348. The van der Waals surface area contributed by atoms with Crippen molar-refractivity contribution in [1.29, 1.82) is 0 Å². The molecule has 0 fully saturated rings. The molecule has 0 atom stereocenters. The van der Waals surface area contributed by atoms with Gasteiger partial charge in [-0.1, -0.05) is 41.5 Å². The Morgan fingerprint density at radius 2 is 0.286 bits per heavy atom. The third-order valence-electron chi connectivity index (χ3n) is 0. The summed E-state index contributed by atoms with van der Waals surface area (Å²) in [6.45, 7) is 12.0. The van der Waals surface area contributed by atoms with Crippen LogP contribution in [0.25, 0.3) is 0 Å². The molecule has 0 aromatic rings. The van der Waals surface area contributed by atoms with Crippen molar-refractivity contribution in [2.24, 2.45) is 0 Å². The van der Waals surface area contributed by atoms with Crippen molar-refractivity contribution in [1.82, 2.24) is 0 Å². The predicted molar refractivity (Wildman–Crippen MR) is 46.9 cm³/mol. The molecule has 0 unspecified atom stereocenters. The van der Waals surface area contributed by atoms with Crippen LogP contribution in [0.1, 0.15) is 41.5 Å². The summed E-state index contributed by atoms with van der Waals surface area (Å²) in [5, 5.41) is 0. The minimum Gasteiger partial charge on any atom is -0.358 e. The summed E-state index contributed by atoms with van der Waals surface area (Å²) in [7, 11) is 0. The van der Waals surface area contributed by atoms with Gasteiger partial charge >= 0.3 is 0 Å². The molecule has 0 aliphatic carbocycles. The fraction of sp³-hybridized carbons (Fsp3) is 0.750. The van der Waals surface area contributed by atoms with Gasteiger partial charge in [-0.15, -0.1) is 0 Å². The van der Waals surface area contributed by atoms with Gasteiger partial charge in [0.15, 0.2) is 0 Å². The van der Waals surface area contributed by atoms with Crippen molar-refractivity contribution in [3.63, 3.8) is 0 Å². The molecule has 0 rings (SSSR count). The molecule has 0 bridgehead atoms. The second-order valence-electron chi connectivity index (χ2n) is 0. The molecule has 0 aliphatic heterocycles. The van der Waals surface area contributed by atoms with Crippen LogP contribution in [0.2, 0.25) is 0 Å². The first-order chi connectivity index (χ1) is 3.00. The monoisotopic (exact) mass is 654 g/mol. The van der Waals surface area contributed by atoms with Gasteiger partial charge < -0.3 is 14.9 Å². The maximum absolute atomic E-state index is 2.00. The van der Waals surface area contributed by atoms with Crippen molar-refractivity contribution < 1.29 is 196 Å². The average Bonchev–Trinajstić information content (AvgIpc) is 1.81. The summed E-state index contributed by atoms with van der Waals surface area (Å²) in [6, 6.07) is 0. The van der Waals surface area contributed by atoms with Crippen molar-refractivity contribution in [2.75, 3.05) is 0 Å². The van der Waals surface area contributed by atoms with Gasteiger partial charge in [-0.05, 0) is 0 Å². The van der Waals surface area contributed by atoms with Crippen LogP contribution in [0, 0.1) is 14.9 Å². The van der Waals surface area contributed by atoms with Crippen LogP contribution in [0.4, 0.5) is 0 Å². The van der Waals surface area contributed by atoms with Crippen molar-refractivity contribution in [3.8, 4) is 0 Å². The molecule has 0 saturated carbocycles. The van der Waals surface area contributed by atoms with Gasteiger partial charge in [0, 0.05) is 196 Å². The molecule has 76 valence electrons. The molecular weight excluding hydrogens is 630 g/mol. The minimum atomic E-state index is 0. The van der Waals surface area contributed by atoms with Gasteiger partial charge in [-0.25, -0.2) is 0 Å². The van der Waals surface area contributed by atoms with Crippen molar-refractivity contribution in [2.45, 2.75) is 41.5 Å². The molecule has 0 saturated heterocycles. The van der Waals surface area contributed by atoms with Crippen LogP contribution in [0.5, 0.6) is 0 Å². The molecule has 0 N–H and O–H groups in total. The molecule has 6 radical (unpaired) electrons. The zero-order valence-electron chi connectivity index (χ0n) is 11.5. The first kappa shape index (κ1) is 85.8. The van der Waals surface area contributed by atoms with Gasteiger partial charge in [0.2, 0.25) is 0 Å². The standard InChI is InChI=1S/3C2H6.2CH3.6Y/c3*1-2;;;;;;;;/h3*1-2H3;2*1H3;;;;;;/q;;;2*-1;;;;;;. The Morgan fingerprint density at radius 3 is 0.286 bits per heavy atom. The van der Waals surface area contributed by atoms with Gasteiger partial charge in [-0.2, -0.15) is 0 Å². The maximum Gasteiger partial charge on any atom is 0 e. The SMILES string of the molecule is CC.CC.CC.[CH3-].[CH3-].[Y].[Y].[Y].[Y].[Y].[Y]. The molecule has 0 spiro atoms. The van der Waals surface area contributed by atoms with E-state index in [9.17, 15) is 0 Å². The summed E-state index contributed by atoms with van der Waals surface area (Å²) >= 11 is 0. The van der Waals surface area contributed by atoms with E-state index in [1.807, 2.05) is 41.5 Å². The first-order valence-corrected chi connectivity index (χ1v) is 3.00. The summed E-state index contributed by atoms with van der Waals surface area (Å²) in [4.78, 5) is 0. The summed E-state index contributed by atoms with van der Waals surface area (Å²) in [6.07, 6.45) is 0. The molecule has 0 heterocycles. The molecule has 0 aliphatic rings. The molecule has 14 heavy (non-hydrogen) atoms. The second-order valence-corrected chi connectivity index (χ2v) is 0. The predicted octanol–water partition coefficient (Wildman–Crippen LogP) is 3.96. The molecule has 6 heteroatoms. The van der Waals surface area contributed by atoms with Crippen molar-refractivity contribution in [3.05, 3.63) is 14.9 Å². The van der Waals surface area contributed by atoms with E-state index in [0.717, 1.165) is 0 Å². The van der Waals surface area contributed by atoms with Crippen LogP contribution in [-0.4, -0.2) is 0 Å². The molecule has 0 aromatic heterocycles. The minimum absolute atomic E-state index is 0. The Morgan fingerprint density at radius 1 is 0.286 bits per heavy atom. The Hall–Kier alpha value is 6.62. The van der Waals surface area contributed by atoms with E-state index in [0.29, 0.717) is 0 Å². The largest absolute Gasteiger partial charge is 0.358 e. The second kappa shape index (κ2) is 155. The van der Waals surface area contributed by atoms with Crippen LogP contribution in [0.3, 0.4) is 0 Å². The Bertz CT molecular complexity index is 13.8. The summed E-state index contributed by atoms with van der Waals surface area (Å²) in [5.41, 5.74) is 0. The topological polar surface area (TPSA) is 0 Å². The van der Waals surface area contributed by atoms with Gasteiger partial charge in [0.1, 0.15) is 0 Å². The zero-order chi connectivity index (χ0) is 6.00. The van der Waals surface area contributed by atoms with Crippen LogP contribution >= 0.6 is 0 Å². The zero-order valence-corrected chi connectivity index (χ0v) is 28.5. The molecule has 0 nitrogen and oxygen atoms in total. The number of rotatable bonds is 0. The Labute approximate surface area is 246 Å². The smallest absolute Gasteiger partial charge is 0 e. The van der Waals surface area contributed by atoms with E-state index in [2.05, 4.69) is 0 Å². The van der Waals surface area contributed by atoms with E-state index < -0.39 is 0 Å². The normalized spacial score (nSPS) is 1.29. The fourth-order valence-electron chi connectivity index (χ4n) is 0. The summed E-state index contributed by atoms with van der Waals surface area (Å²) in [5.74, 6) is 0. The Kier molecular flexibility index (Phi) is 950. The molecule has 0 aromatic carbocycles. The van der Waals surface area contributed by atoms with E-state index in [-0.39, 0.29) is 211 Å². The maximum atomic E-state index is 2.00. The van der Waals surface area contributed by atoms with Crippen LogP contribution in [0.15, 0.2) is 0 Å². The van der Waals surface area contributed by atoms with Crippen LogP contribution < -0.4 is 0 Å². The van der Waals surface area contributed by atoms with Gasteiger partial charge in [-0.3, -0.25) is 0 Å². The first-order valence-electron chi connectivity index (χ1n) is 3.00. The van der Waals surface area contributed by atoms with E-state index in [1.54, 1.807) is 0 Å². The van der Waals surface area contributed by atoms with Gasteiger partial charge in [0.05, 0.1) is 0 Å². The number of hydrogen-bond acceptors (Lipinski definition) is 0. The van der Waals surface area contributed by atoms with Gasteiger partial charge in [0.25, 0.3) is 0 Å². The number of hydrogen-bond donors (Lipinski definition) is 0. The summed E-state index contributed by atoms with van der Waals surface area (Å²) < 4.78 is 0. The average molecular weight is 654 g/mol. The fourth-order valence-corrected chi connectivity index (χ4v) is 0. The van der Waals surface area contributed by atoms with E-state index in [4.69, 9.17) is 0 Å².